The lowest BCUT2D eigenvalue weighted by Crippen LogP contribution is -2.33. The molecule has 0 aromatic rings. The summed E-state index contributed by atoms with van der Waals surface area (Å²) in [6, 6.07) is 0. The van der Waals surface area contributed by atoms with Crippen molar-refractivity contribution in [2.45, 2.75) is 45.3 Å². The minimum absolute atomic E-state index is 0.407. The van der Waals surface area contributed by atoms with E-state index in [1.807, 2.05) is 0 Å². The molecule has 0 heterocycles. The van der Waals surface area contributed by atoms with Gasteiger partial charge in [-0.15, -0.1) is 0 Å². The molecule has 1 rings (SSSR count). The second kappa shape index (κ2) is 4.46. The molecule has 11 heavy (non-hydrogen) atoms. The molecule has 1 aliphatic rings. The van der Waals surface area contributed by atoms with E-state index >= 15 is 0 Å². The molecule has 0 saturated heterocycles. The normalized spacial score (nSPS) is 30.5. The molecule has 0 amide bonds. The van der Waals surface area contributed by atoms with Crippen LogP contribution in [0.4, 0.5) is 0 Å². The molecule has 0 aromatic heterocycles. The van der Waals surface area contributed by atoms with E-state index in [2.05, 4.69) is 29.8 Å². The van der Waals surface area contributed by atoms with Gasteiger partial charge in [-0.25, -0.2) is 0 Å². The fourth-order valence-corrected chi connectivity index (χ4v) is 2.21. The summed E-state index contributed by atoms with van der Waals surface area (Å²) in [6.07, 6.45) is 4.86. The second-order valence-corrected chi connectivity index (χ2v) is 4.41. The third-order valence-corrected chi connectivity index (χ3v) is 2.63. The first-order valence-corrected chi connectivity index (χ1v) is 5.56. The summed E-state index contributed by atoms with van der Waals surface area (Å²) >= 11 is 3.45. The zero-order valence-corrected chi connectivity index (χ0v) is 8.93. The standard InChI is InChI=1S/C9H17BrO/c1-7(2)11-9-5-8(6-9)3-4-10/h7-9H,3-6H2,1-2H3/t8-,9+. The highest BCUT2D eigenvalue weighted by Crippen LogP contribution is 2.33. The summed E-state index contributed by atoms with van der Waals surface area (Å²) in [6.45, 7) is 4.22. The summed E-state index contributed by atoms with van der Waals surface area (Å²) in [5, 5.41) is 1.14. The minimum Gasteiger partial charge on any atom is -0.376 e. The molecule has 66 valence electrons. The van der Waals surface area contributed by atoms with Gasteiger partial charge in [0, 0.05) is 5.33 Å². The molecule has 0 atom stereocenters. The first-order valence-electron chi connectivity index (χ1n) is 4.43. The monoisotopic (exact) mass is 220 g/mol. The van der Waals surface area contributed by atoms with E-state index in [1.54, 1.807) is 0 Å². The first-order chi connectivity index (χ1) is 5.22. The zero-order chi connectivity index (χ0) is 8.27. The molecule has 0 aliphatic heterocycles. The quantitative estimate of drug-likeness (QED) is 0.663. The average molecular weight is 221 g/mol. The van der Waals surface area contributed by atoms with Crippen LogP contribution in [0.5, 0.6) is 0 Å². The van der Waals surface area contributed by atoms with Crippen molar-refractivity contribution in [2.24, 2.45) is 5.92 Å². The van der Waals surface area contributed by atoms with E-state index in [4.69, 9.17) is 4.74 Å². The minimum atomic E-state index is 0.407. The molecule has 0 aromatic carbocycles. The number of halogens is 1. The summed E-state index contributed by atoms with van der Waals surface area (Å²) < 4.78 is 5.65. The molecule has 0 radical (unpaired) electrons. The van der Waals surface area contributed by atoms with E-state index < -0.39 is 0 Å². The van der Waals surface area contributed by atoms with Crippen LogP contribution in [0.3, 0.4) is 0 Å². The van der Waals surface area contributed by atoms with Gasteiger partial charge < -0.3 is 4.74 Å². The fraction of sp³-hybridized carbons (Fsp3) is 1.00. The average Bonchev–Trinajstić information content (AvgIpc) is 1.82. The van der Waals surface area contributed by atoms with Crippen molar-refractivity contribution < 1.29 is 4.74 Å². The van der Waals surface area contributed by atoms with E-state index in [0.29, 0.717) is 12.2 Å². The molecule has 0 spiro atoms. The highest BCUT2D eigenvalue weighted by molar-refractivity contribution is 9.09. The summed E-state index contributed by atoms with van der Waals surface area (Å²) in [5.41, 5.74) is 0. The highest BCUT2D eigenvalue weighted by atomic mass is 79.9. The van der Waals surface area contributed by atoms with Gasteiger partial charge >= 0.3 is 0 Å². The van der Waals surface area contributed by atoms with Crippen LogP contribution >= 0.6 is 15.9 Å². The van der Waals surface area contributed by atoms with Crippen molar-refractivity contribution >= 4 is 15.9 Å². The van der Waals surface area contributed by atoms with Crippen LogP contribution in [0.2, 0.25) is 0 Å². The van der Waals surface area contributed by atoms with Gasteiger partial charge in [-0.3, -0.25) is 0 Å². The maximum absolute atomic E-state index is 5.65. The first kappa shape index (κ1) is 9.53. The van der Waals surface area contributed by atoms with Crippen molar-refractivity contribution in [2.75, 3.05) is 5.33 Å². The van der Waals surface area contributed by atoms with E-state index in [0.717, 1.165) is 11.2 Å². The SMILES string of the molecule is CC(C)O[C@H]1C[C@@H](CCBr)C1. The molecule has 1 fully saturated rings. The van der Waals surface area contributed by atoms with Gasteiger partial charge in [0.05, 0.1) is 12.2 Å². The van der Waals surface area contributed by atoms with Crippen molar-refractivity contribution in [1.82, 2.24) is 0 Å². The summed E-state index contributed by atoms with van der Waals surface area (Å²) in [5.74, 6) is 0.929. The van der Waals surface area contributed by atoms with Crippen molar-refractivity contribution in [3.63, 3.8) is 0 Å². The number of ether oxygens (including phenoxy) is 1. The van der Waals surface area contributed by atoms with Crippen molar-refractivity contribution in [3.05, 3.63) is 0 Å². The van der Waals surface area contributed by atoms with Crippen molar-refractivity contribution in [3.8, 4) is 0 Å². The molecule has 2 heteroatoms. The van der Waals surface area contributed by atoms with Crippen molar-refractivity contribution in [1.29, 1.82) is 0 Å². The van der Waals surface area contributed by atoms with Crippen LogP contribution in [0.1, 0.15) is 33.1 Å². The largest absolute Gasteiger partial charge is 0.376 e. The Bertz CT molecular complexity index is 108. The predicted octanol–water partition coefficient (Wildman–Crippen LogP) is 2.98. The fourth-order valence-electron chi connectivity index (χ4n) is 1.56. The van der Waals surface area contributed by atoms with E-state index in [-0.39, 0.29) is 0 Å². The lowest BCUT2D eigenvalue weighted by molar-refractivity contribution is -0.0620. The molecular weight excluding hydrogens is 204 g/mol. The Labute approximate surface area is 77.6 Å². The molecule has 1 nitrogen and oxygen atoms in total. The van der Waals surface area contributed by atoms with Crippen LogP contribution in [-0.2, 0) is 4.74 Å². The summed E-state index contributed by atoms with van der Waals surface area (Å²) in [4.78, 5) is 0. The predicted molar refractivity (Wildman–Crippen MR) is 51.1 cm³/mol. The Kier molecular flexibility index (Phi) is 3.86. The van der Waals surface area contributed by atoms with Crippen LogP contribution in [-0.4, -0.2) is 17.5 Å². The van der Waals surface area contributed by atoms with Crippen LogP contribution in [0, 0.1) is 5.92 Å². The molecule has 0 N–H and O–H groups in total. The Morgan fingerprint density at radius 3 is 2.55 bits per heavy atom. The summed E-state index contributed by atoms with van der Waals surface area (Å²) in [7, 11) is 0. The van der Waals surface area contributed by atoms with Crippen LogP contribution in [0.15, 0.2) is 0 Å². The van der Waals surface area contributed by atoms with E-state index in [1.165, 1.54) is 19.3 Å². The van der Waals surface area contributed by atoms with Gasteiger partial charge in [0.2, 0.25) is 0 Å². The third-order valence-electron chi connectivity index (χ3n) is 2.17. The number of alkyl halides is 1. The maximum Gasteiger partial charge on any atom is 0.0584 e. The van der Waals surface area contributed by atoms with Gasteiger partial charge in [-0.2, -0.15) is 0 Å². The number of hydrogen-bond donors (Lipinski definition) is 0. The Balaban J connectivity index is 2.00. The number of hydrogen-bond acceptors (Lipinski definition) is 1. The van der Waals surface area contributed by atoms with Crippen LogP contribution in [0.25, 0.3) is 0 Å². The maximum atomic E-state index is 5.65. The second-order valence-electron chi connectivity index (χ2n) is 3.62. The molecule has 1 aliphatic carbocycles. The van der Waals surface area contributed by atoms with E-state index in [9.17, 15) is 0 Å². The lowest BCUT2D eigenvalue weighted by atomic mass is 9.80. The van der Waals surface area contributed by atoms with Crippen LogP contribution < -0.4 is 0 Å². The third kappa shape index (κ3) is 3.12. The lowest BCUT2D eigenvalue weighted by Gasteiger charge is -2.36. The van der Waals surface area contributed by atoms with Gasteiger partial charge in [0.25, 0.3) is 0 Å². The molecule has 0 bridgehead atoms. The van der Waals surface area contributed by atoms with Gasteiger partial charge in [-0.1, -0.05) is 15.9 Å². The Morgan fingerprint density at radius 1 is 1.45 bits per heavy atom. The zero-order valence-electron chi connectivity index (χ0n) is 7.35. The Hall–Kier alpha value is 0.440. The molecule has 0 unspecified atom stereocenters. The van der Waals surface area contributed by atoms with Gasteiger partial charge in [-0.05, 0) is 39.0 Å². The molecular formula is C9H17BrO. The van der Waals surface area contributed by atoms with Gasteiger partial charge in [0.1, 0.15) is 0 Å². The highest BCUT2D eigenvalue weighted by Gasteiger charge is 2.29. The number of rotatable bonds is 4. The molecule has 1 saturated carbocycles. The smallest absolute Gasteiger partial charge is 0.0584 e. The Morgan fingerprint density at radius 2 is 2.09 bits per heavy atom. The van der Waals surface area contributed by atoms with Gasteiger partial charge in [0.15, 0.2) is 0 Å². The topological polar surface area (TPSA) is 9.23 Å².